The Morgan fingerprint density at radius 2 is 1.87 bits per heavy atom. The number of hydrogen-bond acceptors (Lipinski definition) is 0. The highest BCUT2D eigenvalue weighted by Gasteiger charge is 2.35. The minimum Gasteiger partial charge on any atom is -0.0654 e. The smallest absolute Gasteiger partial charge is 0.0323 e. The summed E-state index contributed by atoms with van der Waals surface area (Å²) in [5.74, 6) is 1.96. The lowest BCUT2D eigenvalue weighted by Crippen LogP contribution is -2.33. The fourth-order valence-corrected chi connectivity index (χ4v) is 3.50. The van der Waals surface area contributed by atoms with E-state index < -0.39 is 0 Å². The molecule has 0 saturated heterocycles. The lowest BCUT2D eigenvalue weighted by molar-refractivity contribution is 0.0741. The molecule has 0 heteroatoms. The van der Waals surface area contributed by atoms with E-state index in [1.54, 1.807) is 0 Å². The molecule has 90 valence electrons. The lowest BCUT2D eigenvalue weighted by Gasteiger charge is -2.43. The van der Waals surface area contributed by atoms with Gasteiger partial charge >= 0.3 is 0 Å². The van der Waals surface area contributed by atoms with Crippen molar-refractivity contribution in [3.05, 3.63) is 0 Å². The third-order valence-electron chi connectivity index (χ3n) is 4.54. The summed E-state index contributed by atoms with van der Waals surface area (Å²) < 4.78 is 0. The number of unbranched alkanes of at least 4 members (excludes halogenated alkanes) is 3. The Bertz CT molecular complexity index is 169. The highest BCUT2D eigenvalue weighted by molar-refractivity contribution is 4.86. The summed E-state index contributed by atoms with van der Waals surface area (Å²) in [5, 5.41) is 0. The monoisotopic (exact) mass is 210 g/mol. The van der Waals surface area contributed by atoms with E-state index in [2.05, 4.69) is 27.7 Å². The largest absolute Gasteiger partial charge is 0.0654 e. The third kappa shape index (κ3) is 3.81. The molecule has 1 fully saturated rings. The molecule has 0 heterocycles. The second-order valence-corrected chi connectivity index (χ2v) is 6.31. The van der Waals surface area contributed by atoms with Crippen LogP contribution in [0.4, 0.5) is 0 Å². The van der Waals surface area contributed by atoms with Crippen LogP contribution in [-0.4, -0.2) is 0 Å². The summed E-state index contributed by atoms with van der Waals surface area (Å²) in [6, 6.07) is 0. The van der Waals surface area contributed by atoms with E-state index in [4.69, 9.17) is 0 Å². The zero-order valence-electron chi connectivity index (χ0n) is 11.3. The minimum atomic E-state index is 0.615. The molecule has 1 rings (SSSR count). The molecular formula is C15H30. The maximum atomic E-state index is 2.49. The van der Waals surface area contributed by atoms with Crippen molar-refractivity contribution < 1.29 is 0 Å². The van der Waals surface area contributed by atoms with Gasteiger partial charge in [0.1, 0.15) is 0 Å². The van der Waals surface area contributed by atoms with Gasteiger partial charge in [-0.3, -0.25) is 0 Å². The molecule has 1 aliphatic rings. The Kier molecular flexibility index (Phi) is 5.15. The molecule has 2 atom stereocenters. The van der Waals surface area contributed by atoms with Crippen LogP contribution in [0.3, 0.4) is 0 Å². The molecule has 0 amide bonds. The maximum absolute atomic E-state index is 2.49. The first-order chi connectivity index (χ1) is 7.08. The molecule has 0 aliphatic heterocycles. The summed E-state index contributed by atoms with van der Waals surface area (Å²) in [4.78, 5) is 0. The van der Waals surface area contributed by atoms with Crippen LogP contribution in [0.15, 0.2) is 0 Å². The summed E-state index contributed by atoms with van der Waals surface area (Å²) >= 11 is 0. The van der Waals surface area contributed by atoms with Gasteiger partial charge in [0, 0.05) is 0 Å². The summed E-state index contributed by atoms with van der Waals surface area (Å²) in [7, 11) is 0. The molecule has 0 spiro atoms. The van der Waals surface area contributed by atoms with Crippen LogP contribution in [0.5, 0.6) is 0 Å². The van der Waals surface area contributed by atoms with Crippen LogP contribution in [0.25, 0.3) is 0 Å². The van der Waals surface area contributed by atoms with Gasteiger partial charge in [-0.15, -0.1) is 0 Å². The Labute approximate surface area is 96.8 Å². The SMILES string of the molecule is CCCCCCC1C(C)CCCC1(C)C. The van der Waals surface area contributed by atoms with Crippen molar-refractivity contribution in [2.24, 2.45) is 17.3 Å². The molecule has 2 unspecified atom stereocenters. The van der Waals surface area contributed by atoms with E-state index in [-0.39, 0.29) is 0 Å². The molecule has 1 aliphatic carbocycles. The van der Waals surface area contributed by atoms with Crippen molar-refractivity contribution in [2.75, 3.05) is 0 Å². The van der Waals surface area contributed by atoms with Crippen LogP contribution < -0.4 is 0 Å². The van der Waals surface area contributed by atoms with Crippen LogP contribution in [0.2, 0.25) is 0 Å². The molecule has 15 heavy (non-hydrogen) atoms. The molecule has 1 saturated carbocycles. The van der Waals surface area contributed by atoms with E-state index >= 15 is 0 Å². The van der Waals surface area contributed by atoms with E-state index in [9.17, 15) is 0 Å². The van der Waals surface area contributed by atoms with Crippen LogP contribution in [-0.2, 0) is 0 Å². The molecule has 0 aromatic rings. The van der Waals surface area contributed by atoms with E-state index in [0.29, 0.717) is 5.41 Å². The average Bonchev–Trinajstić information content (AvgIpc) is 2.15. The van der Waals surface area contributed by atoms with Gasteiger partial charge in [0.15, 0.2) is 0 Å². The zero-order chi connectivity index (χ0) is 11.3. The predicted octanol–water partition coefficient (Wildman–Crippen LogP) is 5.42. The Morgan fingerprint density at radius 3 is 2.47 bits per heavy atom. The van der Waals surface area contributed by atoms with E-state index in [0.717, 1.165) is 11.8 Å². The van der Waals surface area contributed by atoms with Gasteiger partial charge in [0.25, 0.3) is 0 Å². The van der Waals surface area contributed by atoms with Gasteiger partial charge < -0.3 is 0 Å². The van der Waals surface area contributed by atoms with Crippen molar-refractivity contribution in [1.82, 2.24) is 0 Å². The molecule has 0 bridgehead atoms. The topological polar surface area (TPSA) is 0 Å². The molecule has 0 aromatic heterocycles. The minimum absolute atomic E-state index is 0.615. The second kappa shape index (κ2) is 5.92. The maximum Gasteiger partial charge on any atom is -0.0323 e. The first-order valence-corrected chi connectivity index (χ1v) is 7.08. The highest BCUT2D eigenvalue weighted by atomic mass is 14.4. The first kappa shape index (κ1) is 13.1. The molecule has 0 radical (unpaired) electrons. The summed E-state index contributed by atoms with van der Waals surface area (Å²) in [6.07, 6.45) is 11.6. The van der Waals surface area contributed by atoms with Gasteiger partial charge in [0.05, 0.1) is 0 Å². The van der Waals surface area contributed by atoms with Crippen LogP contribution in [0.1, 0.15) is 79.1 Å². The van der Waals surface area contributed by atoms with Crippen molar-refractivity contribution in [3.8, 4) is 0 Å². The predicted molar refractivity (Wildman–Crippen MR) is 69.0 cm³/mol. The Morgan fingerprint density at radius 1 is 1.13 bits per heavy atom. The molecule has 0 N–H and O–H groups in total. The van der Waals surface area contributed by atoms with E-state index in [1.807, 2.05) is 0 Å². The number of hydrogen-bond donors (Lipinski definition) is 0. The first-order valence-electron chi connectivity index (χ1n) is 7.08. The fourth-order valence-electron chi connectivity index (χ4n) is 3.50. The third-order valence-corrected chi connectivity index (χ3v) is 4.54. The Hall–Kier alpha value is 0. The highest BCUT2D eigenvalue weighted by Crippen LogP contribution is 2.46. The second-order valence-electron chi connectivity index (χ2n) is 6.31. The molecule has 0 aromatic carbocycles. The summed E-state index contributed by atoms with van der Waals surface area (Å²) in [5.41, 5.74) is 0.615. The molecular weight excluding hydrogens is 180 g/mol. The van der Waals surface area contributed by atoms with Crippen molar-refractivity contribution in [3.63, 3.8) is 0 Å². The average molecular weight is 210 g/mol. The summed E-state index contributed by atoms with van der Waals surface area (Å²) in [6.45, 7) is 9.76. The normalized spacial score (nSPS) is 30.4. The standard InChI is InChI=1S/C15H30/c1-5-6-7-8-11-14-13(2)10-9-12-15(14,3)4/h13-14H,5-12H2,1-4H3. The quantitative estimate of drug-likeness (QED) is 0.532. The van der Waals surface area contributed by atoms with Crippen molar-refractivity contribution in [2.45, 2.75) is 79.1 Å². The van der Waals surface area contributed by atoms with Gasteiger partial charge in [-0.05, 0) is 30.1 Å². The van der Waals surface area contributed by atoms with Gasteiger partial charge in [-0.1, -0.05) is 66.2 Å². The zero-order valence-corrected chi connectivity index (χ0v) is 11.3. The van der Waals surface area contributed by atoms with Crippen LogP contribution >= 0.6 is 0 Å². The lowest BCUT2D eigenvalue weighted by atomic mass is 9.62. The van der Waals surface area contributed by atoms with Gasteiger partial charge in [0.2, 0.25) is 0 Å². The van der Waals surface area contributed by atoms with Crippen LogP contribution in [0, 0.1) is 17.3 Å². The van der Waals surface area contributed by atoms with Crippen molar-refractivity contribution in [1.29, 1.82) is 0 Å². The van der Waals surface area contributed by atoms with Gasteiger partial charge in [-0.2, -0.15) is 0 Å². The van der Waals surface area contributed by atoms with Crippen molar-refractivity contribution >= 4 is 0 Å². The fraction of sp³-hybridized carbons (Fsp3) is 1.00. The molecule has 0 nitrogen and oxygen atoms in total. The number of rotatable bonds is 5. The van der Waals surface area contributed by atoms with E-state index in [1.165, 1.54) is 51.4 Å². The Balaban J connectivity index is 2.35. The van der Waals surface area contributed by atoms with Gasteiger partial charge in [-0.25, -0.2) is 0 Å².